The Morgan fingerprint density at radius 2 is 2.19 bits per heavy atom. The number of nitrogens with zero attached hydrogens (tertiary/aromatic N) is 3. The van der Waals surface area contributed by atoms with E-state index < -0.39 is 11.9 Å². The Morgan fingerprint density at radius 1 is 1.39 bits per heavy atom. The van der Waals surface area contributed by atoms with E-state index in [2.05, 4.69) is 30.6 Å². The molecule has 0 aliphatic heterocycles. The number of thiophene rings is 1. The van der Waals surface area contributed by atoms with Crippen LogP contribution in [0.1, 0.15) is 15.2 Å². The first-order valence-corrected chi connectivity index (χ1v) is 12.1. The monoisotopic (exact) mass is 536 g/mol. The molecule has 0 saturated carbocycles. The minimum atomic E-state index is -0.616. The van der Waals surface area contributed by atoms with E-state index >= 15 is 0 Å². The number of carbonyl (C=O) groups excluding carboxylic acids is 2. The van der Waals surface area contributed by atoms with Gasteiger partial charge in [0.2, 0.25) is 10.3 Å². The summed E-state index contributed by atoms with van der Waals surface area (Å²) in [5.74, 6) is -0.679. The molecule has 2 aromatic heterocycles. The number of methoxy groups -OCH3 is 1. The Bertz CT molecular complexity index is 1190. The lowest BCUT2D eigenvalue weighted by Crippen LogP contribution is -2.13. The van der Waals surface area contributed by atoms with Crippen molar-refractivity contribution in [3.05, 3.63) is 50.1 Å². The van der Waals surface area contributed by atoms with Gasteiger partial charge >= 0.3 is 5.97 Å². The fourth-order valence-corrected chi connectivity index (χ4v) is 4.54. The normalized spacial score (nSPS) is 11.0. The molecule has 0 unspecified atom stereocenters. The van der Waals surface area contributed by atoms with Crippen LogP contribution in [0, 0.1) is 11.3 Å². The quantitative estimate of drug-likeness (QED) is 0.150. The first-order chi connectivity index (χ1) is 14.9. The van der Waals surface area contributed by atoms with E-state index in [1.165, 1.54) is 36.3 Å². The second-order valence-corrected chi connectivity index (χ2v) is 8.94. The largest absolute Gasteiger partial charge is 0.493 e. The Morgan fingerprint density at radius 3 is 2.81 bits per heavy atom. The van der Waals surface area contributed by atoms with Gasteiger partial charge in [0.05, 0.1) is 11.6 Å². The van der Waals surface area contributed by atoms with Gasteiger partial charge in [-0.25, -0.2) is 4.79 Å². The summed E-state index contributed by atoms with van der Waals surface area (Å²) < 4.78 is 15.3. The maximum atomic E-state index is 12.4. The van der Waals surface area contributed by atoms with Gasteiger partial charge < -0.3 is 9.47 Å². The van der Waals surface area contributed by atoms with Crippen LogP contribution >= 0.6 is 50.6 Å². The molecule has 0 fully saturated rings. The summed E-state index contributed by atoms with van der Waals surface area (Å²) in [5.41, 5.74) is 0.353. The fraction of sp³-hybridized carbons (Fsp3) is 0.105. The van der Waals surface area contributed by atoms with Gasteiger partial charge in [0, 0.05) is 11.5 Å². The number of amides is 1. The molecule has 0 saturated heterocycles. The molecule has 158 valence electrons. The van der Waals surface area contributed by atoms with E-state index in [1.54, 1.807) is 29.6 Å². The van der Waals surface area contributed by atoms with E-state index in [-0.39, 0.29) is 17.1 Å². The predicted molar refractivity (Wildman–Crippen MR) is 124 cm³/mol. The number of rotatable bonds is 7. The van der Waals surface area contributed by atoms with E-state index in [4.69, 9.17) is 9.47 Å². The molecule has 31 heavy (non-hydrogen) atoms. The van der Waals surface area contributed by atoms with Crippen LogP contribution in [0.2, 0.25) is 0 Å². The van der Waals surface area contributed by atoms with Crippen LogP contribution in [0.15, 0.2) is 44.8 Å². The van der Waals surface area contributed by atoms with E-state index in [0.29, 0.717) is 25.2 Å². The van der Waals surface area contributed by atoms with Crippen molar-refractivity contribution >= 4 is 73.6 Å². The molecule has 0 radical (unpaired) electrons. The van der Waals surface area contributed by atoms with Gasteiger partial charge in [-0.15, -0.1) is 11.3 Å². The smallest absolute Gasteiger partial charge is 0.353 e. The molecule has 0 atom stereocenters. The second kappa shape index (κ2) is 10.5. The second-order valence-electron chi connectivity index (χ2n) is 5.61. The third kappa shape index (κ3) is 5.71. The molecule has 1 aromatic carbocycles. The zero-order valence-corrected chi connectivity index (χ0v) is 20.1. The highest BCUT2D eigenvalue weighted by Gasteiger charge is 2.18. The SMILES string of the molecule is COc1cc(/C=C(/C#N)C(=O)Nc2nc(SC)ns2)cc(Br)c1OC(=O)c1cccs1. The minimum Gasteiger partial charge on any atom is -0.493 e. The van der Waals surface area contributed by atoms with Crippen molar-refractivity contribution in [3.63, 3.8) is 0 Å². The zero-order valence-electron chi connectivity index (χ0n) is 16.0. The van der Waals surface area contributed by atoms with Gasteiger partial charge in [0.15, 0.2) is 11.5 Å². The van der Waals surface area contributed by atoms with Crippen molar-refractivity contribution in [1.82, 2.24) is 9.36 Å². The van der Waals surface area contributed by atoms with Crippen molar-refractivity contribution in [2.45, 2.75) is 5.16 Å². The number of halogens is 1. The number of nitrogens with one attached hydrogen (secondary N) is 1. The molecular weight excluding hydrogens is 524 g/mol. The molecule has 1 amide bonds. The number of esters is 1. The molecule has 1 N–H and O–H groups in total. The summed E-state index contributed by atoms with van der Waals surface area (Å²) in [7, 11) is 1.43. The number of hydrogen-bond acceptors (Lipinski definition) is 10. The van der Waals surface area contributed by atoms with Gasteiger partial charge in [0.1, 0.15) is 16.5 Å². The molecule has 12 heteroatoms. The first kappa shape index (κ1) is 23.0. The zero-order chi connectivity index (χ0) is 22.4. The number of thioether (sulfide) groups is 1. The molecule has 0 aliphatic rings. The van der Waals surface area contributed by atoms with E-state index in [0.717, 1.165) is 11.5 Å². The summed E-state index contributed by atoms with van der Waals surface area (Å²) in [5, 5.41) is 14.6. The lowest BCUT2D eigenvalue weighted by molar-refractivity contribution is -0.112. The van der Waals surface area contributed by atoms with Crippen LogP contribution in [-0.4, -0.2) is 34.6 Å². The number of aromatic nitrogens is 2. The molecule has 2 heterocycles. The van der Waals surface area contributed by atoms with E-state index in [1.807, 2.05) is 12.3 Å². The average molecular weight is 537 g/mol. The minimum absolute atomic E-state index is 0.141. The highest BCUT2D eigenvalue weighted by Crippen LogP contribution is 2.38. The van der Waals surface area contributed by atoms with Crippen molar-refractivity contribution < 1.29 is 19.1 Å². The lowest BCUT2D eigenvalue weighted by atomic mass is 10.1. The Balaban J connectivity index is 1.84. The maximum Gasteiger partial charge on any atom is 0.353 e. The number of benzene rings is 1. The average Bonchev–Trinajstić information content (AvgIpc) is 3.45. The lowest BCUT2D eigenvalue weighted by Gasteiger charge is -2.12. The molecular formula is C19H13BrN4O4S3. The van der Waals surface area contributed by atoms with Crippen molar-refractivity contribution in [2.75, 3.05) is 18.7 Å². The molecule has 8 nitrogen and oxygen atoms in total. The number of hydrogen-bond donors (Lipinski definition) is 1. The van der Waals surface area contributed by atoms with Crippen LogP contribution in [0.3, 0.4) is 0 Å². The van der Waals surface area contributed by atoms with Crippen molar-refractivity contribution in [1.29, 1.82) is 5.26 Å². The van der Waals surface area contributed by atoms with Gasteiger partial charge in [-0.1, -0.05) is 17.8 Å². The summed E-state index contributed by atoms with van der Waals surface area (Å²) in [6.07, 6.45) is 3.21. The van der Waals surface area contributed by atoms with Gasteiger partial charge in [0.25, 0.3) is 5.91 Å². The topological polar surface area (TPSA) is 114 Å². The van der Waals surface area contributed by atoms with Gasteiger partial charge in [-0.3, -0.25) is 10.1 Å². The van der Waals surface area contributed by atoms with Crippen molar-refractivity contribution in [3.8, 4) is 17.6 Å². The summed E-state index contributed by atoms with van der Waals surface area (Å²) >= 11 is 6.99. The van der Waals surface area contributed by atoms with Crippen molar-refractivity contribution in [2.24, 2.45) is 0 Å². The fourth-order valence-electron chi connectivity index (χ4n) is 2.28. The molecule has 3 aromatic rings. The number of carbonyl (C=O) groups is 2. The predicted octanol–water partition coefficient (Wildman–Crippen LogP) is 4.86. The third-order valence-corrected chi connectivity index (χ3v) is 6.39. The Kier molecular flexibility index (Phi) is 7.80. The molecule has 0 bridgehead atoms. The summed E-state index contributed by atoms with van der Waals surface area (Å²) in [4.78, 5) is 29.3. The summed E-state index contributed by atoms with van der Waals surface area (Å²) in [6.45, 7) is 0. The van der Waals surface area contributed by atoms with Crippen LogP contribution in [0.25, 0.3) is 6.08 Å². The number of ether oxygens (including phenoxy) is 2. The highest BCUT2D eigenvalue weighted by molar-refractivity contribution is 9.10. The van der Waals surface area contributed by atoms with Crippen LogP contribution in [0.4, 0.5) is 5.13 Å². The highest BCUT2D eigenvalue weighted by atomic mass is 79.9. The van der Waals surface area contributed by atoms with Crippen LogP contribution in [-0.2, 0) is 4.79 Å². The number of nitriles is 1. The Hall–Kier alpha value is -2.72. The number of anilines is 1. The first-order valence-electron chi connectivity index (χ1n) is 8.39. The molecule has 0 aliphatic carbocycles. The Labute approximate surface area is 198 Å². The van der Waals surface area contributed by atoms with Crippen LogP contribution < -0.4 is 14.8 Å². The van der Waals surface area contributed by atoms with E-state index in [9.17, 15) is 14.9 Å². The maximum absolute atomic E-state index is 12.4. The van der Waals surface area contributed by atoms with Crippen LogP contribution in [0.5, 0.6) is 11.5 Å². The standard InChI is InChI=1S/C19H13BrN4O4S3/c1-27-13-8-10(7-12(20)15(13)28-17(26)14-4-3-5-30-14)6-11(9-21)16(25)22-18-23-19(29-2)24-31-18/h3-8H,1-2H3,(H,22,23,24,25)/b11-6-. The summed E-state index contributed by atoms with van der Waals surface area (Å²) in [6, 6.07) is 8.45. The third-order valence-electron chi connectivity index (χ3n) is 3.66. The van der Waals surface area contributed by atoms with Gasteiger partial charge in [-0.2, -0.15) is 14.6 Å². The molecule has 3 rings (SSSR count). The molecule has 0 spiro atoms. The van der Waals surface area contributed by atoms with Gasteiger partial charge in [-0.05, 0) is 57.4 Å².